The van der Waals surface area contributed by atoms with Crippen LogP contribution < -0.4 is 10.6 Å². The van der Waals surface area contributed by atoms with Crippen LogP contribution in [0.25, 0.3) is 0 Å². The topological polar surface area (TPSA) is 88.5 Å². The summed E-state index contributed by atoms with van der Waals surface area (Å²) in [6, 6.07) is 9.33. The summed E-state index contributed by atoms with van der Waals surface area (Å²) in [7, 11) is 0. The van der Waals surface area contributed by atoms with E-state index in [0.29, 0.717) is 39.1 Å². The highest BCUT2D eigenvalue weighted by molar-refractivity contribution is 5.90. The summed E-state index contributed by atoms with van der Waals surface area (Å²) in [5.41, 5.74) is 1.74. The Balaban J connectivity index is 1.51. The van der Waals surface area contributed by atoms with E-state index in [2.05, 4.69) is 15.7 Å². The number of carbonyl (C=O) groups excluding carboxylic acids is 2. The third-order valence-corrected chi connectivity index (χ3v) is 4.51. The maximum Gasteiger partial charge on any atom is 0.409 e. The minimum atomic E-state index is -0.284. The van der Waals surface area contributed by atoms with Crippen molar-refractivity contribution in [3.63, 3.8) is 0 Å². The van der Waals surface area contributed by atoms with E-state index in [1.165, 1.54) is 0 Å². The standard InChI is InChI=1S/C19H25N5O3/c1-2-27-19(26)23-12-8-16(9-13-23)21-18(25)22-17-7-4-3-6-15(17)14-24-11-5-10-20-24/h3-7,10-11,16H,2,8-9,12-14H2,1H3,(H2,21,22,25). The summed E-state index contributed by atoms with van der Waals surface area (Å²) in [5.74, 6) is 0. The lowest BCUT2D eigenvalue weighted by molar-refractivity contribution is 0.0959. The van der Waals surface area contributed by atoms with Crippen molar-refractivity contribution in [2.45, 2.75) is 32.4 Å². The first-order valence-corrected chi connectivity index (χ1v) is 9.20. The van der Waals surface area contributed by atoms with Crippen molar-refractivity contribution in [2.24, 2.45) is 0 Å². The number of rotatable bonds is 5. The van der Waals surface area contributed by atoms with Gasteiger partial charge in [0.25, 0.3) is 0 Å². The van der Waals surface area contributed by atoms with Gasteiger partial charge in [0.2, 0.25) is 0 Å². The maximum absolute atomic E-state index is 12.4. The molecule has 1 aromatic carbocycles. The predicted octanol–water partition coefficient (Wildman–Crippen LogP) is 2.67. The number of piperidine rings is 1. The first-order chi connectivity index (χ1) is 13.2. The predicted molar refractivity (Wildman–Crippen MR) is 102 cm³/mol. The molecule has 1 saturated heterocycles. The summed E-state index contributed by atoms with van der Waals surface area (Å²) < 4.78 is 6.82. The SMILES string of the molecule is CCOC(=O)N1CCC(NC(=O)Nc2ccccc2Cn2cccn2)CC1. The monoisotopic (exact) mass is 371 g/mol. The summed E-state index contributed by atoms with van der Waals surface area (Å²) in [4.78, 5) is 25.8. The van der Waals surface area contributed by atoms with E-state index in [1.54, 1.807) is 18.0 Å². The Hall–Kier alpha value is -3.03. The van der Waals surface area contributed by atoms with Crippen molar-refractivity contribution in [3.05, 3.63) is 48.3 Å². The molecule has 1 aromatic heterocycles. The van der Waals surface area contributed by atoms with Crippen LogP contribution in [0.2, 0.25) is 0 Å². The highest BCUT2D eigenvalue weighted by Crippen LogP contribution is 2.17. The minimum absolute atomic E-state index is 0.0361. The molecule has 0 bridgehead atoms. The van der Waals surface area contributed by atoms with Crippen molar-refractivity contribution in [2.75, 3.05) is 25.0 Å². The molecule has 0 saturated carbocycles. The van der Waals surface area contributed by atoms with Gasteiger partial charge in [-0.05, 0) is 37.5 Å². The molecule has 0 aliphatic carbocycles. The van der Waals surface area contributed by atoms with Gasteiger partial charge >= 0.3 is 12.1 Å². The van der Waals surface area contributed by atoms with Crippen LogP contribution in [0, 0.1) is 0 Å². The molecule has 3 rings (SSSR count). The van der Waals surface area contributed by atoms with Crippen molar-refractivity contribution in [3.8, 4) is 0 Å². The van der Waals surface area contributed by atoms with Crippen LogP contribution in [-0.2, 0) is 11.3 Å². The Morgan fingerprint density at radius 3 is 2.70 bits per heavy atom. The molecule has 8 nitrogen and oxygen atoms in total. The van der Waals surface area contributed by atoms with Gasteiger partial charge < -0.3 is 20.3 Å². The van der Waals surface area contributed by atoms with Crippen LogP contribution in [0.5, 0.6) is 0 Å². The number of hydrogen-bond acceptors (Lipinski definition) is 4. The number of nitrogens with one attached hydrogen (secondary N) is 2. The van der Waals surface area contributed by atoms with Crippen LogP contribution >= 0.6 is 0 Å². The van der Waals surface area contributed by atoms with Gasteiger partial charge in [0, 0.05) is 37.2 Å². The highest BCUT2D eigenvalue weighted by atomic mass is 16.6. The number of likely N-dealkylation sites (tertiary alicyclic amines) is 1. The summed E-state index contributed by atoms with van der Waals surface area (Å²) in [6.07, 6.45) is 4.75. The smallest absolute Gasteiger partial charge is 0.409 e. The fourth-order valence-corrected chi connectivity index (χ4v) is 3.11. The quantitative estimate of drug-likeness (QED) is 0.846. The Kier molecular flexibility index (Phi) is 6.30. The van der Waals surface area contributed by atoms with Crippen LogP contribution in [0.3, 0.4) is 0 Å². The number of ether oxygens (including phenoxy) is 1. The van der Waals surface area contributed by atoms with Crippen LogP contribution in [0.4, 0.5) is 15.3 Å². The van der Waals surface area contributed by atoms with E-state index >= 15 is 0 Å². The number of hydrogen-bond donors (Lipinski definition) is 2. The molecule has 1 fully saturated rings. The fourth-order valence-electron chi connectivity index (χ4n) is 3.11. The third kappa shape index (κ3) is 5.22. The zero-order valence-corrected chi connectivity index (χ0v) is 15.4. The lowest BCUT2D eigenvalue weighted by atomic mass is 10.1. The highest BCUT2D eigenvalue weighted by Gasteiger charge is 2.24. The Bertz CT molecular complexity index is 754. The van der Waals surface area contributed by atoms with Crippen molar-refractivity contribution >= 4 is 17.8 Å². The van der Waals surface area contributed by atoms with E-state index < -0.39 is 0 Å². The number of para-hydroxylation sites is 1. The molecule has 2 aromatic rings. The Labute approximate surface area is 158 Å². The van der Waals surface area contributed by atoms with Gasteiger partial charge in [-0.25, -0.2) is 9.59 Å². The van der Waals surface area contributed by atoms with Gasteiger partial charge in [-0.15, -0.1) is 0 Å². The van der Waals surface area contributed by atoms with Crippen molar-refractivity contribution in [1.29, 1.82) is 0 Å². The largest absolute Gasteiger partial charge is 0.450 e. The second kappa shape index (κ2) is 9.07. The van der Waals surface area contributed by atoms with E-state index in [-0.39, 0.29) is 18.2 Å². The molecular formula is C19H25N5O3. The summed E-state index contributed by atoms with van der Waals surface area (Å²) >= 11 is 0. The van der Waals surface area contributed by atoms with Crippen molar-refractivity contribution in [1.82, 2.24) is 20.0 Å². The lowest BCUT2D eigenvalue weighted by Crippen LogP contribution is -2.47. The number of anilines is 1. The van der Waals surface area contributed by atoms with Crippen LogP contribution in [0.15, 0.2) is 42.7 Å². The molecule has 0 atom stereocenters. The van der Waals surface area contributed by atoms with Crippen LogP contribution in [0.1, 0.15) is 25.3 Å². The molecule has 144 valence electrons. The van der Waals surface area contributed by atoms with Gasteiger partial charge in [0.15, 0.2) is 0 Å². The van der Waals surface area contributed by atoms with E-state index in [1.807, 2.05) is 41.2 Å². The van der Waals surface area contributed by atoms with E-state index in [4.69, 9.17) is 4.74 Å². The molecule has 1 aliphatic rings. The second-order valence-electron chi connectivity index (χ2n) is 6.42. The average Bonchev–Trinajstić information content (AvgIpc) is 3.17. The first-order valence-electron chi connectivity index (χ1n) is 9.20. The molecule has 8 heteroatoms. The molecule has 3 amide bonds. The molecule has 1 aliphatic heterocycles. The maximum atomic E-state index is 12.4. The number of urea groups is 1. The number of benzene rings is 1. The molecular weight excluding hydrogens is 346 g/mol. The first kappa shape index (κ1) is 18.8. The molecule has 0 radical (unpaired) electrons. The molecule has 0 unspecified atom stereocenters. The van der Waals surface area contributed by atoms with Crippen LogP contribution in [-0.4, -0.2) is 52.5 Å². The molecule has 0 spiro atoms. The van der Waals surface area contributed by atoms with Gasteiger partial charge in [-0.1, -0.05) is 18.2 Å². The van der Waals surface area contributed by atoms with Gasteiger partial charge in [0.05, 0.1) is 13.2 Å². The molecule has 27 heavy (non-hydrogen) atoms. The summed E-state index contributed by atoms with van der Waals surface area (Å²) in [6.45, 7) is 3.92. The molecule has 2 heterocycles. The lowest BCUT2D eigenvalue weighted by Gasteiger charge is -2.31. The third-order valence-electron chi connectivity index (χ3n) is 4.51. The molecule has 2 N–H and O–H groups in total. The van der Waals surface area contributed by atoms with Gasteiger partial charge in [-0.2, -0.15) is 5.10 Å². The average molecular weight is 371 g/mol. The van der Waals surface area contributed by atoms with Gasteiger partial charge in [-0.3, -0.25) is 4.68 Å². The Morgan fingerprint density at radius 2 is 2.00 bits per heavy atom. The summed E-state index contributed by atoms with van der Waals surface area (Å²) in [5, 5.41) is 10.1. The zero-order chi connectivity index (χ0) is 19.1. The van der Waals surface area contributed by atoms with Gasteiger partial charge in [0.1, 0.15) is 0 Å². The normalized spacial score (nSPS) is 14.6. The minimum Gasteiger partial charge on any atom is -0.450 e. The van der Waals surface area contributed by atoms with E-state index in [9.17, 15) is 9.59 Å². The second-order valence-corrected chi connectivity index (χ2v) is 6.42. The number of amides is 3. The van der Waals surface area contributed by atoms with E-state index in [0.717, 1.165) is 11.3 Å². The number of carbonyl (C=O) groups is 2. The van der Waals surface area contributed by atoms with Crippen molar-refractivity contribution < 1.29 is 14.3 Å². The number of aromatic nitrogens is 2. The number of nitrogens with zero attached hydrogens (tertiary/aromatic N) is 3. The zero-order valence-electron chi connectivity index (χ0n) is 15.4. The Morgan fingerprint density at radius 1 is 1.22 bits per heavy atom. The fraction of sp³-hybridized carbons (Fsp3) is 0.421.